The molecule has 1 amide bonds. The maximum absolute atomic E-state index is 14.3. The van der Waals surface area contributed by atoms with E-state index in [1.54, 1.807) is 30.9 Å². The lowest BCUT2D eigenvalue weighted by molar-refractivity contribution is -0.126. The van der Waals surface area contributed by atoms with E-state index < -0.39 is 5.97 Å². The Morgan fingerprint density at radius 2 is 1.97 bits per heavy atom. The summed E-state index contributed by atoms with van der Waals surface area (Å²) in [5.41, 5.74) is 2.49. The maximum atomic E-state index is 14.3. The first-order chi connectivity index (χ1) is 15.2. The number of carboxylic acid groups (broad SMARTS) is 1. The van der Waals surface area contributed by atoms with Crippen LogP contribution in [0.25, 0.3) is 0 Å². The van der Waals surface area contributed by atoms with Crippen LogP contribution in [0, 0.1) is 19.7 Å². The van der Waals surface area contributed by atoms with E-state index in [1.807, 2.05) is 20.0 Å². The molecule has 0 radical (unpaired) electrons. The average molecular weight is 443 g/mol. The number of anilines is 1. The summed E-state index contributed by atoms with van der Waals surface area (Å²) in [7, 11) is 1.93. The lowest BCUT2D eigenvalue weighted by Gasteiger charge is -2.28. The number of benzene rings is 1. The normalized spacial score (nSPS) is 11.8. The van der Waals surface area contributed by atoms with E-state index >= 15 is 0 Å². The first-order valence-electron chi connectivity index (χ1n) is 10.5. The minimum absolute atomic E-state index is 0.00265. The summed E-state index contributed by atoms with van der Waals surface area (Å²) in [4.78, 5) is 30.9. The standard InChI is InChI=1S/C24H31FN4O3/c1-6-22(30)29(7-2)11-10-28(5)15-21(18-9-8-16(3)20(25)13-18)27-19-12-17(4)23(24(31)32)26-14-19/h6,8-9,12-14,21,27H,1,7,10-11,15H2,2-5H3,(H,31,32). The Balaban J connectivity index is 2.22. The summed E-state index contributed by atoms with van der Waals surface area (Å²) in [6, 6.07) is 6.55. The minimum atomic E-state index is -1.08. The molecule has 0 aliphatic carbocycles. The van der Waals surface area contributed by atoms with Crippen molar-refractivity contribution in [3.05, 3.63) is 71.3 Å². The molecule has 2 N–H and O–H groups in total. The fraction of sp³-hybridized carbons (Fsp3) is 0.375. The van der Waals surface area contributed by atoms with Crippen molar-refractivity contribution in [3.8, 4) is 0 Å². The molecule has 1 unspecified atom stereocenters. The molecule has 8 heteroatoms. The quantitative estimate of drug-likeness (QED) is 0.517. The molecule has 0 aliphatic rings. The first kappa shape index (κ1) is 25.0. The number of aromatic carboxylic acids is 1. The Kier molecular flexibility index (Phi) is 8.90. The van der Waals surface area contributed by atoms with Gasteiger partial charge in [-0.2, -0.15) is 0 Å². The van der Waals surface area contributed by atoms with E-state index in [1.165, 1.54) is 18.3 Å². The van der Waals surface area contributed by atoms with Gasteiger partial charge in [0.1, 0.15) is 5.82 Å². The highest BCUT2D eigenvalue weighted by Crippen LogP contribution is 2.23. The van der Waals surface area contributed by atoms with Crippen molar-refractivity contribution in [1.29, 1.82) is 0 Å². The van der Waals surface area contributed by atoms with Crippen LogP contribution in [-0.2, 0) is 4.79 Å². The van der Waals surface area contributed by atoms with E-state index in [0.717, 1.165) is 5.56 Å². The molecule has 0 bridgehead atoms. The van der Waals surface area contributed by atoms with Crippen molar-refractivity contribution in [1.82, 2.24) is 14.8 Å². The molecule has 2 rings (SSSR count). The van der Waals surface area contributed by atoms with Crippen LogP contribution in [0.1, 0.15) is 40.1 Å². The fourth-order valence-electron chi connectivity index (χ4n) is 3.39. The summed E-state index contributed by atoms with van der Waals surface area (Å²) >= 11 is 0. The molecule has 0 saturated heterocycles. The van der Waals surface area contributed by atoms with Gasteiger partial charge in [-0.05, 0) is 62.7 Å². The second-order valence-corrected chi connectivity index (χ2v) is 7.78. The van der Waals surface area contributed by atoms with Crippen molar-refractivity contribution in [2.45, 2.75) is 26.8 Å². The number of aryl methyl sites for hydroxylation is 2. The lowest BCUT2D eigenvalue weighted by atomic mass is 10.0. The van der Waals surface area contributed by atoms with Crippen LogP contribution in [0.5, 0.6) is 0 Å². The number of hydrogen-bond donors (Lipinski definition) is 2. The van der Waals surface area contributed by atoms with Gasteiger partial charge in [-0.25, -0.2) is 14.2 Å². The number of nitrogens with zero attached hydrogens (tertiary/aromatic N) is 3. The Labute approximate surface area is 188 Å². The topological polar surface area (TPSA) is 85.8 Å². The summed E-state index contributed by atoms with van der Waals surface area (Å²) < 4.78 is 14.3. The number of amides is 1. The number of pyridine rings is 1. The lowest BCUT2D eigenvalue weighted by Crippen LogP contribution is -2.38. The molecule has 0 fully saturated rings. The van der Waals surface area contributed by atoms with Crippen molar-refractivity contribution < 1.29 is 19.1 Å². The molecule has 1 heterocycles. The van der Waals surface area contributed by atoms with Crippen LogP contribution in [0.3, 0.4) is 0 Å². The largest absolute Gasteiger partial charge is 0.477 e. The van der Waals surface area contributed by atoms with Gasteiger partial charge in [0, 0.05) is 26.2 Å². The Morgan fingerprint density at radius 1 is 1.25 bits per heavy atom. The second kappa shape index (κ2) is 11.4. The third-order valence-corrected chi connectivity index (χ3v) is 5.33. The van der Waals surface area contributed by atoms with Gasteiger partial charge in [0.15, 0.2) is 5.69 Å². The Morgan fingerprint density at radius 3 is 2.53 bits per heavy atom. The van der Waals surface area contributed by atoms with E-state index in [2.05, 4.69) is 21.8 Å². The number of likely N-dealkylation sites (N-methyl/N-ethyl adjacent to an activating group) is 2. The molecule has 172 valence electrons. The van der Waals surface area contributed by atoms with Crippen molar-refractivity contribution in [2.75, 3.05) is 38.5 Å². The summed E-state index contributed by atoms with van der Waals surface area (Å²) in [5, 5.41) is 12.6. The van der Waals surface area contributed by atoms with E-state index in [0.29, 0.717) is 43.0 Å². The smallest absolute Gasteiger partial charge is 0.354 e. The number of halogens is 1. The third kappa shape index (κ3) is 6.62. The van der Waals surface area contributed by atoms with Gasteiger partial charge in [-0.3, -0.25) is 4.79 Å². The van der Waals surface area contributed by atoms with E-state index in [4.69, 9.17) is 0 Å². The molecule has 32 heavy (non-hydrogen) atoms. The number of carbonyl (C=O) groups is 2. The molecule has 1 atom stereocenters. The number of nitrogens with one attached hydrogen (secondary N) is 1. The van der Waals surface area contributed by atoms with Gasteiger partial charge in [0.05, 0.1) is 17.9 Å². The molecule has 0 spiro atoms. The molecule has 0 aliphatic heterocycles. The van der Waals surface area contributed by atoms with Crippen LogP contribution in [0.15, 0.2) is 43.1 Å². The minimum Gasteiger partial charge on any atom is -0.477 e. The van der Waals surface area contributed by atoms with Crippen molar-refractivity contribution >= 4 is 17.6 Å². The average Bonchev–Trinajstić information content (AvgIpc) is 2.75. The monoisotopic (exact) mass is 442 g/mol. The zero-order valence-corrected chi connectivity index (χ0v) is 19.1. The number of carboxylic acids is 1. The molecule has 0 saturated carbocycles. The van der Waals surface area contributed by atoms with Crippen LogP contribution in [-0.4, -0.2) is 65.0 Å². The van der Waals surface area contributed by atoms with Crippen LogP contribution < -0.4 is 5.32 Å². The molecule has 1 aromatic heterocycles. The second-order valence-electron chi connectivity index (χ2n) is 7.78. The van der Waals surface area contributed by atoms with Gasteiger partial charge in [0.25, 0.3) is 0 Å². The number of hydrogen-bond acceptors (Lipinski definition) is 5. The molecular weight excluding hydrogens is 411 g/mol. The van der Waals surface area contributed by atoms with Crippen molar-refractivity contribution in [3.63, 3.8) is 0 Å². The zero-order chi connectivity index (χ0) is 23.8. The number of rotatable bonds is 11. The van der Waals surface area contributed by atoms with Gasteiger partial charge in [-0.15, -0.1) is 0 Å². The van der Waals surface area contributed by atoms with E-state index in [-0.39, 0.29) is 23.5 Å². The fourth-order valence-corrected chi connectivity index (χ4v) is 3.39. The highest BCUT2D eigenvalue weighted by Gasteiger charge is 2.18. The molecular formula is C24H31FN4O3. The summed E-state index contributed by atoms with van der Waals surface area (Å²) in [6.45, 7) is 11.1. The zero-order valence-electron chi connectivity index (χ0n) is 19.1. The highest BCUT2D eigenvalue weighted by atomic mass is 19.1. The van der Waals surface area contributed by atoms with Crippen LogP contribution in [0.2, 0.25) is 0 Å². The third-order valence-electron chi connectivity index (χ3n) is 5.33. The Hall–Kier alpha value is -3.26. The van der Waals surface area contributed by atoms with E-state index in [9.17, 15) is 19.1 Å². The summed E-state index contributed by atoms with van der Waals surface area (Å²) in [6.07, 6.45) is 2.77. The number of aromatic nitrogens is 1. The molecule has 7 nitrogen and oxygen atoms in total. The predicted molar refractivity (Wildman–Crippen MR) is 123 cm³/mol. The first-order valence-corrected chi connectivity index (χ1v) is 10.5. The SMILES string of the molecule is C=CC(=O)N(CC)CCN(C)CC(Nc1cnc(C(=O)O)c(C)c1)c1ccc(C)c(F)c1. The Bertz CT molecular complexity index is 980. The van der Waals surface area contributed by atoms with Crippen LogP contribution in [0.4, 0.5) is 10.1 Å². The maximum Gasteiger partial charge on any atom is 0.354 e. The highest BCUT2D eigenvalue weighted by molar-refractivity contribution is 5.87. The molecule has 2 aromatic rings. The van der Waals surface area contributed by atoms with Crippen molar-refractivity contribution in [2.24, 2.45) is 0 Å². The van der Waals surface area contributed by atoms with Gasteiger partial charge >= 0.3 is 5.97 Å². The van der Waals surface area contributed by atoms with Crippen LogP contribution >= 0.6 is 0 Å². The van der Waals surface area contributed by atoms with Gasteiger partial charge < -0.3 is 20.2 Å². The summed E-state index contributed by atoms with van der Waals surface area (Å²) in [5.74, 6) is -1.49. The van der Waals surface area contributed by atoms with Gasteiger partial charge in [-0.1, -0.05) is 18.7 Å². The van der Waals surface area contributed by atoms with Gasteiger partial charge in [0.2, 0.25) is 5.91 Å². The number of carbonyl (C=O) groups excluding carboxylic acids is 1. The molecule has 1 aromatic carbocycles. The predicted octanol–water partition coefficient (Wildman–Crippen LogP) is 3.66.